The van der Waals surface area contributed by atoms with Gasteiger partial charge in [-0.05, 0) is 24.3 Å². The van der Waals surface area contributed by atoms with Gasteiger partial charge in [0, 0.05) is 10.7 Å². The van der Waals surface area contributed by atoms with E-state index in [1.807, 2.05) is 4.98 Å². The summed E-state index contributed by atoms with van der Waals surface area (Å²) in [5, 5.41) is 8.88. The molecule has 0 aliphatic heterocycles. The number of H-pyrrole nitrogens is 2. The number of aromatic amines is 2. The van der Waals surface area contributed by atoms with Crippen LogP contribution in [0.5, 0.6) is 0 Å². The fraction of sp³-hybridized carbons (Fsp3) is 0.0909. The summed E-state index contributed by atoms with van der Waals surface area (Å²) in [5.41, 5.74) is -0.716. The largest absolute Gasteiger partial charge is 0.342 e. The van der Waals surface area contributed by atoms with Crippen molar-refractivity contribution in [3.05, 3.63) is 50.1 Å². The van der Waals surface area contributed by atoms with Crippen LogP contribution >= 0.6 is 23.4 Å². The molecule has 20 heavy (non-hydrogen) atoms. The van der Waals surface area contributed by atoms with Crippen LogP contribution in [0.2, 0.25) is 5.02 Å². The molecule has 2 aromatic rings. The molecule has 9 heteroatoms. The number of benzene rings is 1. The number of nitrogens with zero attached hydrogens (tertiary/aromatic N) is 1. The van der Waals surface area contributed by atoms with Gasteiger partial charge in [0.05, 0.1) is 5.75 Å². The highest BCUT2D eigenvalue weighted by Gasteiger charge is 2.08. The molecule has 0 fully saturated rings. The second-order valence-electron chi connectivity index (χ2n) is 3.66. The van der Waals surface area contributed by atoms with Crippen molar-refractivity contribution >= 4 is 35.0 Å². The van der Waals surface area contributed by atoms with Crippen molar-refractivity contribution in [3.8, 4) is 0 Å². The summed E-state index contributed by atoms with van der Waals surface area (Å²) >= 11 is 6.65. The number of hydrogen-bond acceptors (Lipinski definition) is 5. The minimum absolute atomic E-state index is 0.00918. The second kappa shape index (κ2) is 6.40. The fourth-order valence-electron chi connectivity index (χ4n) is 1.30. The van der Waals surface area contributed by atoms with Crippen molar-refractivity contribution in [1.82, 2.24) is 15.2 Å². The van der Waals surface area contributed by atoms with Gasteiger partial charge in [0.2, 0.25) is 5.91 Å². The Morgan fingerprint density at radius 3 is 2.65 bits per heavy atom. The van der Waals surface area contributed by atoms with Crippen molar-refractivity contribution in [1.29, 1.82) is 0 Å². The van der Waals surface area contributed by atoms with Gasteiger partial charge in [0.25, 0.3) is 5.56 Å². The Morgan fingerprint density at radius 2 is 2.00 bits per heavy atom. The Balaban J connectivity index is 1.93. The van der Waals surface area contributed by atoms with Crippen LogP contribution in [-0.2, 0) is 4.79 Å². The first-order chi connectivity index (χ1) is 9.54. The Morgan fingerprint density at radius 1 is 1.30 bits per heavy atom. The average Bonchev–Trinajstić information content (AvgIpc) is 2.40. The Hall–Kier alpha value is -2.06. The summed E-state index contributed by atoms with van der Waals surface area (Å²) in [6, 6.07) is 6.63. The average molecular weight is 313 g/mol. The number of carbonyl (C=O) groups is 1. The molecule has 3 N–H and O–H groups in total. The van der Waals surface area contributed by atoms with Crippen molar-refractivity contribution in [2.45, 2.75) is 5.03 Å². The van der Waals surface area contributed by atoms with Gasteiger partial charge >= 0.3 is 5.69 Å². The minimum Gasteiger partial charge on any atom is -0.325 e. The van der Waals surface area contributed by atoms with E-state index in [4.69, 9.17) is 11.6 Å². The lowest BCUT2D eigenvalue weighted by molar-refractivity contribution is -0.113. The zero-order valence-electron chi connectivity index (χ0n) is 9.97. The molecule has 1 amide bonds. The van der Waals surface area contributed by atoms with Gasteiger partial charge in [-0.3, -0.25) is 14.6 Å². The molecule has 7 nitrogen and oxygen atoms in total. The molecular formula is C11H9ClN4O3S. The third-order valence-electron chi connectivity index (χ3n) is 2.15. The topological polar surface area (TPSA) is 108 Å². The number of nitrogens with one attached hydrogen (secondary N) is 3. The van der Waals surface area contributed by atoms with Gasteiger partial charge in [0.1, 0.15) is 0 Å². The molecule has 0 unspecified atom stereocenters. The summed E-state index contributed by atoms with van der Waals surface area (Å²) in [6.45, 7) is 0. The first-order valence-electron chi connectivity index (χ1n) is 5.42. The van der Waals surface area contributed by atoms with E-state index in [1.54, 1.807) is 24.3 Å². The molecular weight excluding hydrogens is 304 g/mol. The molecule has 2 rings (SSSR count). The van der Waals surface area contributed by atoms with E-state index in [1.165, 1.54) is 0 Å². The SMILES string of the molecule is O=C(CSc1n[nH]c(=O)[nH]c1=O)Nc1ccc(Cl)cc1. The van der Waals surface area contributed by atoms with Crippen LogP contribution in [0.15, 0.2) is 38.9 Å². The molecule has 0 bridgehead atoms. The number of thioether (sulfide) groups is 1. The van der Waals surface area contributed by atoms with Gasteiger partial charge in [-0.1, -0.05) is 23.4 Å². The molecule has 0 saturated heterocycles. The predicted molar refractivity (Wildman–Crippen MR) is 76.3 cm³/mol. The smallest absolute Gasteiger partial charge is 0.325 e. The molecule has 104 valence electrons. The monoisotopic (exact) mass is 312 g/mol. The number of amides is 1. The summed E-state index contributed by atoms with van der Waals surface area (Å²) in [5.74, 6) is -0.310. The van der Waals surface area contributed by atoms with Crippen molar-refractivity contribution in [2.75, 3.05) is 11.1 Å². The second-order valence-corrected chi connectivity index (χ2v) is 5.06. The van der Waals surface area contributed by atoms with Gasteiger partial charge in [-0.2, -0.15) is 5.10 Å². The molecule has 0 radical (unpaired) electrons. The molecule has 0 spiro atoms. The first-order valence-corrected chi connectivity index (χ1v) is 6.78. The molecule has 1 heterocycles. The van der Waals surface area contributed by atoms with Crippen LogP contribution in [0.1, 0.15) is 0 Å². The highest BCUT2D eigenvalue weighted by Crippen LogP contribution is 2.14. The Kier molecular flexibility index (Phi) is 4.59. The summed E-state index contributed by atoms with van der Waals surface area (Å²) in [4.78, 5) is 35.8. The van der Waals surface area contributed by atoms with E-state index >= 15 is 0 Å². The highest BCUT2D eigenvalue weighted by molar-refractivity contribution is 7.99. The molecule has 0 saturated carbocycles. The maximum Gasteiger partial charge on any atom is 0.342 e. The van der Waals surface area contributed by atoms with Gasteiger partial charge < -0.3 is 5.32 Å². The van der Waals surface area contributed by atoms with Crippen LogP contribution in [-0.4, -0.2) is 26.8 Å². The zero-order chi connectivity index (χ0) is 14.5. The standard InChI is InChI=1S/C11H9ClN4O3S/c12-6-1-3-7(4-2-6)13-8(17)5-20-10-9(18)14-11(19)16-15-10/h1-4H,5H2,(H,13,17)(H2,14,16,18,19). The lowest BCUT2D eigenvalue weighted by atomic mass is 10.3. The van der Waals surface area contributed by atoms with Crippen molar-refractivity contribution < 1.29 is 4.79 Å². The van der Waals surface area contributed by atoms with Crippen molar-refractivity contribution in [2.24, 2.45) is 0 Å². The van der Waals surface area contributed by atoms with Crippen LogP contribution < -0.4 is 16.6 Å². The van der Waals surface area contributed by atoms with Gasteiger partial charge in [-0.25, -0.2) is 9.89 Å². The fourth-order valence-corrected chi connectivity index (χ4v) is 2.06. The Bertz CT molecular complexity index is 725. The number of hydrogen-bond donors (Lipinski definition) is 3. The van der Waals surface area contributed by atoms with E-state index in [0.29, 0.717) is 10.7 Å². The van der Waals surface area contributed by atoms with E-state index in [9.17, 15) is 14.4 Å². The van der Waals surface area contributed by atoms with E-state index in [0.717, 1.165) is 11.8 Å². The maximum atomic E-state index is 11.7. The summed E-state index contributed by atoms with van der Waals surface area (Å²) in [6.07, 6.45) is 0. The minimum atomic E-state index is -0.690. The number of halogens is 1. The zero-order valence-corrected chi connectivity index (χ0v) is 11.5. The molecule has 1 aromatic carbocycles. The molecule has 0 aliphatic carbocycles. The third kappa shape index (κ3) is 3.97. The lowest BCUT2D eigenvalue weighted by Gasteiger charge is -2.04. The van der Waals surface area contributed by atoms with Crippen LogP contribution in [0.4, 0.5) is 5.69 Å². The summed E-state index contributed by atoms with van der Waals surface area (Å²) in [7, 11) is 0. The van der Waals surface area contributed by atoms with Crippen LogP contribution in [0.25, 0.3) is 0 Å². The first kappa shape index (κ1) is 14.4. The van der Waals surface area contributed by atoms with Crippen LogP contribution in [0.3, 0.4) is 0 Å². The van der Waals surface area contributed by atoms with E-state index in [2.05, 4.69) is 15.5 Å². The van der Waals surface area contributed by atoms with E-state index in [-0.39, 0.29) is 16.7 Å². The van der Waals surface area contributed by atoms with E-state index < -0.39 is 11.2 Å². The molecule has 0 atom stereocenters. The van der Waals surface area contributed by atoms with Gasteiger partial charge in [0.15, 0.2) is 5.03 Å². The normalized spacial score (nSPS) is 10.2. The number of rotatable bonds is 4. The number of aromatic nitrogens is 3. The maximum absolute atomic E-state index is 11.7. The quantitative estimate of drug-likeness (QED) is 0.725. The van der Waals surface area contributed by atoms with Crippen LogP contribution in [0, 0.1) is 0 Å². The number of anilines is 1. The Labute approximate surface area is 121 Å². The molecule has 0 aliphatic rings. The third-order valence-corrected chi connectivity index (χ3v) is 3.36. The van der Waals surface area contributed by atoms with Gasteiger partial charge in [-0.15, -0.1) is 0 Å². The summed E-state index contributed by atoms with van der Waals surface area (Å²) < 4.78 is 0. The lowest BCUT2D eigenvalue weighted by Crippen LogP contribution is -2.25. The predicted octanol–water partition coefficient (Wildman–Crippen LogP) is 0.842. The highest BCUT2D eigenvalue weighted by atomic mass is 35.5. The molecule has 1 aromatic heterocycles. The number of carbonyl (C=O) groups excluding carboxylic acids is 1. The van der Waals surface area contributed by atoms with Crippen molar-refractivity contribution in [3.63, 3.8) is 0 Å².